The molecule has 2 rings (SSSR count). The highest BCUT2D eigenvalue weighted by Gasteiger charge is 2.42. The maximum Gasteiger partial charge on any atom is 0.304 e. The van der Waals surface area contributed by atoms with Crippen molar-refractivity contribution in [1.82, 2.24) is 4.72 Å². The molecule has 0 spiro atoms. The first kappa shape index (κ1) is 16.1. The van der Waals surface area contributed by atoms with Gasteiger partial charge in [-0.1, -0.05) is 11.3 Å². The Balaban J connectivity index is 2.31. The molecule has 0 bridgehead atoms. The molecule has 0 amide bonds. The molecule has 0 saturated carbocycles. The van der Waals surface area contributed by atoms with Crippen molar-refractivity contribution in [3.8, 4) is 0 Å². The standard InChI is InChI=1S/C9H13N3O6S3/c1-9(2-3-20(15,16)5-9)11-21(17,18)7-4-6(12(13)14)8(10)19-7/h4,11H,2-3,5,10H2,1H3. The molecule has 1 unspecified atom stereocenters. The number of hydrogen-bond donors (Lipinski definition) is 2. The number of nitrogens with zero attached hydrogens (tertiary/aromatic N) is 1. The highest BCUT2D eigenvalue weighted by molar-refractivity contribution is 7.92. The summed E-state index contributed by atoms with van der Waals surface area (Å²) in [7, 11) is -7.35. The summed E-state index contributed by atoms with van der Waals surface area (Å²) in [4.78, 5) is 9.92. The summed E-state index contributed by atoms with van der Waals surface area (Å²) in [5, 5.41) is 10.5. The molecule has 118 valence electrons. The van der Waals surface area contributed by atoms with Gasteiger partial charge in [0.15, 0.2) is 14.8 Å². The molecule has 1 aromatic rings. The second-order valence-electron chi connectivity index (χ2n) is 5.08. The first-order valence-corrected chi connectivity index (χ1v) is 9.84. The summed E-state index contributed by atoms with van der Waals surface area (Å²) in [6.07, 6.45) is 0.150. The van der Waals surface area contributed by atoms with Crippen LogP contribution in [0.3, 0.4) is 0 Å². The first-order valence-electron chi connectivity index (χ1n) is 5.72. The predicted octanol–water partition coefficient (Wildman–Crippen LogP) is 0.0940. The van der Waals surface area contributed by atoms with E-state index in [-0.39, 0.29) is 27.1 Å². The van der Waals surface area contributed by atoms with Gasteiger partial charge in [0.25, 0.3) is 10.0 Å². The third-order valence-corrected chi connectivity index (χ3v) is 8.03. The molecule has 9 nitrogen and oxygen atoms in total. The van der Waals surface area contributed by atoms with Gasteiger partial charge in [-0.15, -0.1) is 0 Å². The van der Waals surface area contributed by atoms with Crippen molar-refractivity contribution in [1.29, 1.82) is 0 Å². The zero-order chi connectivity index (χ0) is 16.1. The van der Waals surface area contributed by atoms with Crippen molar-refractivity contribution >= 4 is 41.9 Å². The summed E-state index contributed by atoms with van der Waals surface area (Å²) in [6.45, 7) is 1.49. The Hall–Kier alpha value is -1.24. The van der Waals surface area contributed by atoms with Crippen LogP contribution in [-0.4, -0.2) is 38.8 Å². The highest BCUT2D eigenvalue weighted by atomic mass is 32.2. The minimum atomic E-state index is -4.07. The molecular weight excluding hydrogens is 342 g/mol. The average Bonchev–Trinajstić information content (AvgIpc) is 2.79. The molecular formula is C9H13N3O6S3. The maximum atomic E-state index is 12.2. The Kier molecular flexibility index (Phi) is 3.76. The number of hydrogen-bond acceptors (Lipinski definition) is 8. The van der Waals surface area contributed by atoms with E-state index >= 15 is 0 Å². The van der Waals surface area contributed by atoms with Gasteiger partial charge in [-0.2, -0.15) is 0 Å². The lowest BCUT2D eigenvalue weighted by molar-refractivity contribution is -0.383. The molecule has 3 N–H and O–H groups in total. The number of sulfonamides is 1. The number of nitrogen functional groups attached to an aromatic ring is 1. The molecule has 1 atom stereocenters. The number of rotatable bonds is 4. The van der Waals surface area contributed by atoms with Crippen LogP contribution in [-0.2, 0) is 19.9 Å². The smallest absolute Gasteiger partial charge is 0.304 e. The summed E-state index contributed by atoms with van der Waals surface area (Å²) >= 11 is 0.568. The molecule has 1 aliphatic heterocycles. The van der Waals surface area contributed by atoms with Crippen LogP contribution in [0.5, 0.6) is 0 Å². The van der Waals surface area contributed by atoms with Crippen LogP contribution < -0.4 is 10.5 Å². The largest absolute Gasteiger partial charge is 0.385 e. The lowest BCUT2D eigenvalue weighted by Crippen LogP contribution is -2.46. The van der Waals surface area contributed by atoms with Gasteiger partial charge >= 0.3 is 5.69 Å². The molecule has 0 radical (unpaired) electrons. The van der Waals surface area contributed by atoms with Gasteiger partial charge in [0, 0.05) is 11.6 Å². The summed E-state index contributed by atoms with van der Waals surface area (Å²) in [5.41, 5.74) is 3.81. The van der Waals surface area contributed by atoms with E-state index in [9.17, 15) is 26.9 Å². The fraction of sp³-hybridized carbons (Fsp3) is 0.556. The third-order valence-electron chi connectivity index (χ3n) is 3.06. The molecule has 1 fully saturated rings. The van der Waals surface area contributed by atoms with E-state index in [2.05, 4.69) is 4.72 Å². The zero-order valence-corrected chi connectivity index (χ0v) is 13.3. The fourth-order valence-electron chi connectivity index (χ4n) is 2.11. The number of nitrogens with one attached hydrogen (secondary N) is 1. The summed E-state index contributed by atoms with van der Waals surface area (Å²) < 4.78 is 49.4. The van der Waals surface area contributed by atoms with Crippen LogP contribution in [0.4, 0.5) is 10.7 Å². The van der Waals surface area contributed by atoms with E-state index in [1.165, 1.54) is 6.92 Å². The Morgan fingerprint density at radius 1 is 1.52 bits per heavy atom. The predicted molar refractivity (Wildman–Crippen MR) is 77.4 cm³/mol. The Bertz CT molecular complexity index is 797. The first-order chi connectivity index (χ1) is 9.44. The van der Waals surface area contributed by atoms with Crippen molar-refractivity contribution in [2.45, 2.75) is 23.1 Å². The Labute approximate surface area is 125 Å². The molecule has 1 saturated heterocycles. The molecule has 0 aliphatic carbocycles. The molecule has 1 aliphatic rings. The van der Waals surface area contributed by atoms with Crippen molar-refractivity contribution in [3.63, 3.8) is 0 Å². The van der Waals surface area contributed by atoms with Gasteiger partial charge < -0.3 is 5.73 Å². The number of nitrogens with two attached hydrogens (primary N) is 1. The molecule has 1 aromatic heterocycles. The minimum Gasteiger partial charge on any atom is -0.385 e. The molecule has 12 heteroatoms. The van der Waals surface area contributed by atoms with Gasteiger partial charge in [-0.05, 0) is 13.3 Å². The van der Waals surface area contributed by atoms with E-state index in [4.69, 9.17) is 5.73 Å². The lowest BCUT2D eigenvalue weighted by atomic mass is 10.0. The minimum absolute atomic E-state index is 0.0985. The second kappa shape index (κ2) is 4.90. The van der Waals surface area contributed by atoms with Crippen LogP contribution in [0.25, 0.3) is 0 Å². The summed E-state index contributed by atoms with van der Waals surface area (Å²) in [6, 6.07) is 0.870. The highest BCUT2D eigenvalue weighted by Crippen LogP contribution is 2.35. The van der Waals surface area contributed by atoms with Crippen molar-refractivity contribution < 1.29 is 21.8 Å². The molecule has 2 heterocycles. The van der Waals surface area contributed by atoms with Crippen molar-refractivity contribution in [2.24, 2.45) is 0 Å². The van der Waals surface area contributed by atoms with Gasteiger partial charge in [-0.25, -0.2) is 21.6 Å². The van der Waals surface area contributed by atoms with E-state index in [0.29, 0.717) is 11.3 Å². The van der Waals surface area contributed by atoms with Crippen LogP contribution in [0.15, 0.2) is 10.3 Å². The number of thiophene rings is 1. The average molecular weight is 355 g/mol. The number of nitro groups is 1. The van der Waals surface area contributed by atoms with Crippen molar-refractivity contribution in [3.05, 3.63) is 16.2 Å². The van der Waals surface area contributed by atoms with Gasteiger partial charge in [0.05, 0.1) is 16.4 Å². The topological polar surface area (TPSA) is 149 Å². The maximum absolute atomic E-state index is 12.2. The zero-order valence-electron chi connectivity index (χ0n) is 10.9. The SMILES string of the molecule is CC1(NS(=O)(=O)c2cc([N+](=O)[O-])c(N)s2)CCS(=O)(=O)C1. The Morgan fingerprint density at radius 2 is 2.14 bits per heavy atom. The number of sulfone groups is 1. The van der Waals surface area contributed by atoms with Crippen LogP contribution in [0.1, 0.15) is 13.3 Å². The monoisotopic (exact) mass is 355 g/mol. The summed E-state index contributed by atoms with van der Waals surface area (Å²) in [5.74, 6) is -0.402. The quantitative estimate of drug-likeness (QED) is 0.574. The Morgan fingerprint density at radius 3 is 2.57 bits per heavy atom. The molecule has 21 heavy (non-hydrogen) atoms. The normalized spacial score (nSPS) is 25.0. The lowest BCUT2D eigenvalue weighted by Gasteiger charge is -2.22. The third kappa shape index (κ3) is 3.33. The van der Waals surface area contributed by atoms with Gasteiger partial charge in [0.1, 0.15) is 4.21 Å². The van der Waals surface area contributed by atoms with Crippen molar-refractivity contribution in [2.75, 3.05) is 17.2 Å². The van der Waals surface area contributed by atoms with Crippen LogP contribution in [0, 0.1) is 10.1 Å². The van der Waals surface area contributed by atoms with Crippen LogP contribution >= 0.6 is 11.3 Å². The van der Waals surface area contributed by atoms with E-state index < -0.39 is 36.0 Å². The molecule has 0 aromatic carbocycles. The number of anilines is 1. The van der Waals surface area contributed by atoms with Gasteiger partial charge in [-0.3, -0.25) is 10.1 Å². The van der Waals surface area contributed by atoms with E-state index in [0.717, 1.165) is 6.07 Å². The van der Waals surface area contributed by atoms with E-state index in [1.807, 2.05) is 0 Å². The second-order valence-corrected chi connectivity index (χ2v) is 10.3. The van der Waals surface area contributed by atoms with E-state index in [1.54, 1.807) is 0 Å². The van der Waals surface area contributed by atoms with Crippen LogP contribution in [0.2, 0.25) is 0 Å². The van der Waals surface area contributed by atoms with Gasteiger partial charge in [0.2, 0.25) is 0 Å². The fourth-order valence-corrected chi connectivity index (χ4v) is 6.95.